The van der Waals surface area contributed by atoms with Gasteiger partial charge in [0.25, 0.3) is 17.7 Å². The fourth-order valence-electron chi connectivity index (χ4n) is 3.00. The Morgan fingerprint density at radius 3 is 2.80 bits per heavy atom. The Morgan fingerprint density at radius 1 is 1.27 bits per heavy atom. The van der Waals surface area contributed by atoms with Crippen molar-refractivity contribution in [2.75, 3.05) is 6.54 Å². The molecule has 3 aromatic rings. The quantitative estimate of drug-likeness (QED) is 0.350. The molecule has 0 saturated carbocycles. The van der Waals surface area contributed by atoms with E-state index in [1.165, 1.54) is 24.3 Å². The van der Waals surface area contributed by atoms with Crippen LogP contribution < -0.4 is 0 Å². The standard InChI is InChI=1S/C21H16N4O5/c1-3-9-25-19(26)15-7-6-13(10-16(15)20(25)27)21(28)29-12(2)18-23-17(24-30-18)14-5-4-8-22-11-14/h3-8,10-12H,1,9H2,2H3. The minimum Gasteiger partial charge on any atom is -0.449 e. The van der Waals surface area contributed by atoms with Gasteiger partial charge in [-0.2, -0.15) is 4.98 Å². The minimum absolute atomic E-state index is 0.0968. The predicted molar refractivity (Wildman–Crippen MR) is 103 cm³/mol. The van der Waals surface area contributed by atoms with Crippen LogP contribution in [-0.4, -0.2) is 44.4 Å². The Kier molecular flexibility index (Phi) is 4.93. The van der Waals surface area contributed by atoms with E-state index in [0.29, 0.717) is 11.4 Å². The summed E-state index contributed by atoms with van der Waals surface area (Å²) in [5.74, 6) is -1.14. The number of pyridine rings is 1. The van der Waals surface area contributed by atoms with Crippen molar-refractivity contribution in [2.24, 2.45) is 0 Å². The maximum absolute atomic E-state index is 12.6. The predicted octanol–water partition coefficient (Wildman–Crippen LogP) is 2.83. The van der Waals surface area contributed by atoms with Gasteiger partial charge in [0.2, 0.25) is 5.82 Å². The highest BCUT2D eigenvalue weighted by Crippen LogP contribution is 2.26. The molecule has 1 aliphatic heterocycles. The van der Waals surface area contributed by atoms with Crippen LogP contribution in [0.4, 0.5) is 0 Å². The number of carbonyl (C=O) groups excluding carboxylic acids is 3. The van der Waals surface area contributed by atoms with Crippen LogP contribution >= 0.6 is 0 Å². The number of nitrogens with zero attached hydrogens (tertiary/aromatic N) is 4. The van der Waals surface area contributed by atoms with Gasteiger partial charge in [-0.25, -0.2) is 4.79 Å². The molecule has 4 rings (SSSR count). The Morgan fingerprint density at radius 2 is 2.07 bits per heavy atom. The van der Waals surface area contributed by atoms with E-state index in [2.05, 4.69) is 21.7 Å². The summed E-state index contributed by atoms with van der Waals surface area (Å²) in [6.45, 7) is 5.23. The SMILES string of the molecule is C=CCN1C(=O)c2ccc(C(=O)OC(C)c3nc(-c4cccnc4)no3)cc2C1=O. The topological polar surface area (TPSA) is 115 Å². The van der Waals surface area contributed by atoms with Gasteiger partial charge in [-0.15, -0.1) is 6.58 Å². The molecular weight excluding hydrogens is 388 g/mol. The molecule has 9 nitrogen and oxygen atoms in total. The maximum atomic E-state index is 12.6. The van der Waals surface area contributed by atoms with Crippen molar-refractivity contribution in [3.05, 3.63) is 78.0 Å². The van der Waals surface area contributed by atoms with Gasteiger partial charge in [-0.05, 0) is 37.3 Å². The van der Waals surface area contributed by atoms with Crippen LogP contribution in [0.15, 0.2) is 59.9 Å². The van der Waals surface area contributed by atoms with Crippen molar-refractivity contribution < 1.29 is 23.6 Å². The molecule has 0 saturated heterocycles. The van der Waals surface area contributed by atoms with E-state index in [0.717, 1.165) is 4.90 Å². The van der Waals surface area contributed by atoms with Gasteiger partial charge in [0.05, 0.1) is 16.7 Å². The largest absolute Gasteiger partial charge is 0.449 e. The van der Waals surface area contributed by atoms with Gasteiger partial charge in [0, 0.05) is 24.5 Å². The zero-order valence-corrected chi connectivity index (χ0v) is 15.9. The lowest BCUT2D eigenvalue weighted by Gasteiger charge is -2.10. The second-order valence-corrected chi connectivity index (χ2v) is 6.52. The summed E-state index contributed by atoms with van der Waals surface area (Å²) in [7, 11) is 0. The number of ether oxygens (including phenoxy) is 1. The van der Waals surface area contributed by atoms with Crippen LogP contribution in [0.2, 0.25) is 0 Å². The summed E-state index contributed by atoms with van der Waals surface area (Å²) in [6, 6.07) is 7.74. The molecule has 1 unspecified atom stereocenters. The van der Waals surface area contributed by atoms with E-state index in [1.807, 2.05) is 0 Å². The third kappa shape index (κ3) is 3.37. The average Bonchev–Trinajstić information content (AvgIpc) is 3.35. The number of carbonyl (C=O) groups is 3. The van der Waals surface area contributed by atoms with Crippen molar-refractivity contribution in [2.45, 2.75) is 13.0 Å². The minimum atomic E-state index is -0.821. The van der Waals surface area contributed by atoms with E-state index in [1.54, 1.807) is 31.5 Å². The summed E-state index contributed by atoms with van der Waals surface area (Å²) in [5, 5.41) is 3.87. The molecule has 0 bridgehead atoms. The maximum Gasteiger partial charge on any atom is 0.338 e. The van der Waals surface area contributed by atoms with Gasteiger partial charge in [-0.1, -0.05) is 11.2 Å². The van der Waals surface area contributed by atoms with Crippen molar-refractivity contribution in [3.63, 3.8) is 0 Å². The molecule has 1 atom stereocenters. The van der Waals surface area contributed by atoms with Gasteiger partial charge in [0.1, 0.15) is 0 Å². The second kappa shape index (κ2) is 7.70. The second-order valence-electron chi connectivity index (χ2n) is 6.52. The van der Waals surface area contributed by atoms with Crippen LogP contribution in [-0.2, 0) is 4.74 Å². The average molecular weight is 404 g/mol. The number of benzene rings is 1. The molecule has 30 heavy (non-hydrogen) atoms. The molecule has 1 aliphatic rings. The lowest BCUT2D eigenvalue weighted by atomic mass is 10.1. The van der Waals surface area contributed by atoms with Gasteiger partial charge in [-0.3, -0.25) is 19.5 Å². The number of fused-ring (bicyclic) bond motifs is 1. The molecule has 3 heterocycles. The van der Waals surface area contributed by atoms with Crippen LogP contribution in [0, 0.1) is 0 Å². The first-order valence-electron chi connectivity index (χ1n) is 9.05. The lowest BCUT2D eigenvalue weighted by molar-refractivity contribution is 0.0265. The van der Waals surface area contributed by atoms with Gasteiger partial charge in [0.15, 0.2) is 6.10 Å². The van der Waals surface area contributed by atoms with E-state index < -0.39 is 23.9 Å². The van der Waals surface area contributed by atoms with E-state index in [9.17, 15) is 14.4 Å². The summed E-state index contributed by atoms with van der Waals surface area (Å²) in [4.78, 5) is 46.5. The first-order chi connectivity index (χ1) is 14.5. The third-order valence-corrected chi connectivity index (χ3v) is 4.51. The molecule has 0 spiro atoms. The van der Waals surface area contributed by atoms with Crippen molar-refractivity contribution in [1.29, 1.82) is 0 Å². The molecule has 150 valence electrons. The fourth-order valence-corrected chi connectivity index (χ4v) is 3.00. The van der Waals surface area contributed by atoms with Crippen molar-refractivity contribution in [3.8, 4) is 11.4 Å². The number of imide groups is 1. The molecule has 2 amide bonds. The van der Waals surface area contributed by atoms with E-state index in [4.69, 9.17) is 9.26 Å². The summed E-state index contributed by atoms with van der Waals surface area (Å²) < 4.78 is 10.6. The zero-order valence-electron chi connectivity index (χ0n) is 15.9. The fraction of sp³-hybridized carbons (Fsp3) is 0.143. The Balaban J connectivity index is 1.50. The molecule has 9 heteroatoms. The van der Waals surface area contributed by atoms with Gasteiger partial charge >= 0.3 is 5.97 Å². The molecular formula is C21H16N4O5. The molecule has 0 aliphatic carbocycles. The van der Waals surface area contributed by atoms with Crippen LogP contribution in [0.5, 0.6) is 0 Å². The molecule has 1 aromatic carbocycles. The Labute approximate surface area is 171 Å². The number of hydrogen-bond acceptors (Lipinski definition) is 8. The zero-order chi connectivity index (χ0) is 21.3. The lowest BCUT2D eigenvalue weighted by Crippen LogP contribution is -2.29. The third-order valence-electron chi connectivity index (χ3n) is 4.51. The first kappa shape index (κ1) is 19.2. The normalized spacial score (nSPS) is 13.8. The van der Waals surface area contributed by atoms with Crippen molar-refractivity contribution >= 4 is 17.8 Å². The van der Waals surface area contributed by atoms with Crippen LogP contribution in [0.25, 0.3) is 11.4 Å². The number of aromatic nitrogens is 3. The molecule has 0 radical (unpaired) electrons. The highest BCUT2D eigenvalue weighted by Gasteiger charge is 2.35. The highest BCUT2D eigenvalue weighted by atomic mass is 16.6. The number of amides is 2. The monoisotopic (exact) mass is 404 g/mol. The summed E-state index contributed by atoms with van der Waals surface area (Å²) >= 11 is 0. The number of esters is 1. The van der Waals surface area contributed by atoms with Crippen molar-refractivity contribution in [1.82, 2.24) is 20.0 Å². The van der Waals surface area contributed by atoms with Crippen LogP contribution in [0.3, 0.4) is 0 Å². The summed E-state index contributed by atoms with van der Waals surface area (Å²) in [6.07, 6.45) is 3.85. The smallest absolute Gasteiger partial charge is 0.338 e. The Hall–Kier alpha value is -4.14. The molecule has 0 fully saturated rings. The van der Waals surface area contributed by atoms with Crippen LogP contribution in [0.1, 0.15) is 50.0 Å². The summed E-state index contributed by atoms with van der Waals surface area (Å²) in [5.41, 5.74) is 1.19. The highest BCUT2D eigenvalue weighted by molar-refractivity contribution is 6.22. The Bertz CT molecular complexity index is 1160. The number of rotatable bonds is 6. The first-order valence-corrected chi connectivity index (χ1v) is 9.05. The molecule has 0 N–H and O–H groups in total. The number of hydrogen-bond donors (Lipinski definition) is 0. The van der Waals surface area contributed by atoms with E-state index in [-0.39, 0.29) is 29.1 Å². The van der Waals surface area contributed by atoms with Gasteiger partial charge < -0.3 is 9.26 Å². The van der Waals surface area contributed by atoms with E-state index >= 15 is 0 Å². The molecule has 2 aromatic heterocycles.